The molecule has 0 unspecified atom stereocenters. The summed E-state index contributed by atoms with van der Waals surface area (Å²) < 4.78 is 5.54. The summed E-state index contributed by atoms with van der Waals surface area (Å²) in [5.41, 5.74) is 2.87. The van der Waals surface area contributed by atoms with Crippen LogP contribution in [0.3, 0.4) is 0 Å². The number of amides is 1. The molecule has 0 spiro atoms. The number of hydrogen-bond donors (Lipinski definition) is 1. The lowest BCUT2D eigenvalue weighted by Crippen LogP contribution is -2.36. The molecule has 0 aliphatic carbocycles. The monoisotopic (exact) mass is 405 g/mol. The normalized spacial score (nSPS) is 19.0. The van der Waals surface area contributed by atoms with Crippen molar-refractivity contribution in [2.45, 2.75) is 24.9 Å². The Labute approximate surface area is 176 Å². The second-order valence-electron chi connectivity index (χ2n) is 8.01. The van der Waals surface area contributed by atoms with Crippen LogP contribution in [-0.2, 0) is 6.42 Å². The molecule has 7 heteroatoms. The molecule has 0 saturated carbocycles. The van der Waals surface area contributed by atoms with Gasteiger partial charge in [0, 0.05) is 44.4 Å². The second kappa shape index (κ2) is 8.67. The maximum absolute atomic E-state index is 12.6. The lowest BCUT2D eigenvalue weighted by Gasteiger charge is -2.15. The molecule has 1 aromatic heterocycles. The van der Waals surface area contributed by atoms with Gasteiger partial charge in [0.25, 0.3) is 5.91 Å². The number of aromatic nitrogens is 2. The largest absolute Gasteiger partial charge is 0.378 e. The Morgan fingerprint density at radius 2 is 1.90 bits per heavy atom. The number of likely N-dealkylation sites (N-methyl/N-ethyl adjacent to an activating group) is 1. The Hall–Kier alpha value is -3.19. The average Bonchev–Trinajstić information content (AvgIpc) is 3.35. The van der Waals surface area contributed by atoms with E-state index >= 15 is 0 Å². The quantitative estimate of drug-likeness (QED) is 0.680. The van der Waals surface area contributed by atoms with Crippen LogP contribution in [0.15, 0.2) is 59.1 Å². The fraction of sp³-hybridized carbons (Fsp3) is 0.348. The van der Waals surface area contributed by atoms with E-state index in [0.717, 1.165) is 24.2 Å². The molecule has 1 amide bonds. The number of nitrogens with one attached hydrogen (secondary N) is 1. The standard InChI is InChI=1S/C23H27N5O2/c1-27(2)19-11-9-17(10-12-19)22(29)24-18-14-20(28(3)15-18)23-25-21(26-30-23)13-16-7-5-4-6-8-16/h4-12,18,20H,13-15H2,1-3H3,(H,24,29)/t18-,20-/m0/s1. The summed E-state index contributed by atoms with van der Waals surface area (Å²) in [5.74, 6) is 1.23. The van der Waals surface area contributed by atoms with Crippen molar-refractivity contribution in [3.05, 3.63) is 77.4 Å². The molecule has 156 valence electrons. The van der Waals surface area contributed by atoms with E-state index in [0.29, 0.717) is 23.7 Å². The van der Waals surface area contributed by atoms with Crippen LogP contribution in [0, 0.1) is 0 Å². The molecule has 2 atom stereocenters. The molecule has 7 nitrogen and oxygen atoms in total. The van der Waals surface area contributed by atoms with Crippen LogP contribution in [0.1, 0.15) is 40.1 Å². The maximum Gasteiger partial charge on any atom is 0.251 e. The Kier molecular flexibility index (Phi) is 5.81. The summed E-state index contributed by atoms with van der Waals surface area (Å²) in [6.07, 6.45) is 1.38. The smallest absolute Gasteiger partial charge is 0.251 e. The van der Waals surface area contributed by atoms with Crippen LogP contribution < -0.4 is 10.2 Å². The molecule has 1 saturated heterocycles. The van der Waals surface area contributed by atoms with E-state index in [2.05, 4.69) is 20.4 Å². The zero-order chi connectivity index (χ0) is 21.1. The molecule has 1 fully saturated rings. The van der Waals surface area contributed by atoms with E-state index in [1.807, 2.05) is 80.6 Å². The van der Waals surface area contributed by atoms with Crippen molar-refractivity contribution in [3.63, 3.8) is 0 Å². The highest BCUT2D eigenvalue weighted by atomic mass is 16.5. The first kappa shape index (κ1) is 20.1. The predicted octanol–water partition coefficient (Wildman–Crippen LogP) is 2.90. The van der Waals surface area contributed by atoms with Crippen LogP contribution in [0.4, 0.5) is 5.69 Å². The summed E-state index contributed by atoms with van der Waals surface area (Å²) >= 11 is 0. The van der Waals surface area contributed by atoms with Crippen LogP contribution in [0.5, 0.6) is 0 Å². The second-order valence-corrected chi connectivity index (χ2v) is 8.01. The fourth-order valence-corrected chi connectivity index (χ4v) is 3.83. The zero-order valence-corrected chi connectivity index (χ0v) is 17.6. The molecule has 1 aliphatic rings. The Balaban J connectivity index is 1.37. The number of anilines is 1. The molecular formula is C23H27N5O2. The number of nitrogens with zero attached hydrogens (tertiary/aromatic N) is 4. The van der Waals surface area contributed by atoms with Crippen molar-refractivity contribution >= 4 is 11.6 Å². The summed E-state index contributed by atoms with van der Waals surface area (Å²) in [4.78, 5) is 21.4. The van der Waals surface area contributed by atoms with E-state index in [4.69, 9.17) is 4.52 Å². The average molecular weight is 406 g/mol. The van der Waals surface area contributed by atoms with Crippen LogP contribution in [-0.4, -0.2) is 54.7 Å². The topological polar surface area (TPSA) is 74.5 Å². The van der Waals surface area contributed by atoms with E-state index in [1.54, 1.807) is 0 Å². The van der Waals surface area contributed by atoms with E-state index in [-0.39, 0.29) is 18.0 Å². The minimum absolute atomic E-state index is 0.00319. The zero-order valence-electron chi connectivity index (χ0n) is 17.6. The third-order valence-electron chi connectivity index (χ3n) is 5.50. The fourth-order valence-electron chi connectivity index (χ4n) is 3.83. The van der Waals surface area contributed by atoms with Gasteiger partial charge >= 0.3 is 0 Å². The minimum Gasteiger partial charge on any atom is -0.378 e. The summed E-state index contributed by atoms with van der Waals surface area (Å²) in [5, 5.41) is 7.28. The number of hydrogen-bond acceptors (Lipinski definition) is 6. The number of likely N-dealkylation sites (tertiary alicyclic amines) is 1. The van der Waals surface area contributed by atoms with Gasteiger partial charge in [0.05, 0.1) is 6.04 Å². The van der Waals surface area contributed by atoms with E-state index in [9.17, 15) is 4.79 Å². The minimum atomic E-state index is -0.0605. The van der Waals surface area contributed by atoms with Crippen LogP contribution in [0.2, 0.25) is 0 Å². The van der Waals surface area contributed by atoms with Crippen molar-refractivity contribution in [1.29, 1.82) is 0 Å². The number of carbonyl (C=O) groups excluding carboxylic acids is 1. The maximum atomic E-state index is 12.6. The van der Waals surface area contributed by atoms with Gasteiger partial charge in [0.1, 0.15) is 0 Å². The van der Waals surface area contributed by atoms with E-state index < -0.39 is 0 Å². The molecule has 3 aromatic rings. The van der Waals surface area contributed by atoms with Gasteiger partial charge in [-0.1, -0.05) is 35.5 Å². The van der Waals surface area contributed by atoms with Gasteiger partial charge in [-0.2, -0.15) is 4.98 Å². The Bertz CT molecular complexity index is 984. The summed E-state index contributed by atoms with van der Waals surface area (Å²) in [7, 11) is 5.97. The predicted molar refractivity (Wildman–Crippen MR) is 116 cm³/mol. The molecule has 2 aromatic carbocycles. The highest BCUT2D eigenvalue weighted by Crippen LogP contribution is 2.30. The van der Waals surface area contributed by atoms with Gasteiger partial charge in [0.2, 0.25) is 5.89 Å². The van der Waals surface area contributed by atoms with Crippen molar-refractivity contribution in [2.24, 2.45) is 0 Å². The van der Waals surface area contributed by atoms with Crippen LogP contribution >= 0.6 is 0 Å². The van der Waals surface area contributed by atoms with Crippen molar-refractivity contribution in [3.8, 4) is 0 Å². The highest BCUT2D eigenvalue weighted by Gasteiger charge is 2.35. The lowest BCUT2D eigenvalue weighted by atomic mass is 10.1. The molecule has 0 bridgehead atoms. The van der Waals surface area contributed by atoms with Crippen LogP contribution in [0.25, 0.3) is 0 Å². The Morgan fingerprint density at radius 1 is 1.17 bits per heavy atom. The third-order valence-corrected chi connectivity index (χ3v) is 5.50. The molecule has 0 radical (unpaired) electrons. The first-order chi connectivity index (χ1) is 14.5. The third kappa shape index (κ3) is 4.52. The first-order valence-corrected chi connectivity index (χ1v) is 10.1. The van der Waals surface area contributed by atoms with Gasteiger partial charge in [-0.25, -0.2) is 0 Å². The summed E-state index contributed by atoms with van der Waals surface area (Å²) in [6, 6.07) is 17.7. The van der Waals surface area contributed by atoms with Gasteiger partial charge in [-0.3, -0.25) is 9.69 Å². The Morgan fingerprint density at radius 3 is 2.60 bits per heavy atom. The molecule has 1 aliphatic heterocycles. The van der Waals surface area contributed by atoms with Gasteiger partial charge in [-0.15, -0.1) is 0 Å². The van der Waals surface area contributed by atoms with Gasteiger partial charge in [-0.05, 0) is 43.3 Å². The van der Waals surface area contributed by atoms with E-state index in [1.165, 1.54) is 0 Å². The SMILES string of the molecule is CN(C)c1ccc(C(=O)N[C@H]2C[C@@H](c3nc(Cc4ccccc4)no3)N(C)C2)cc1. The van der Waals surface area contributed by atoms with Gasteiger partial charge < -0.3 is 14.7 Å². The van der Waals surface area contributed by atoms with Crippen molar-refractivity contribution in [1.82, 2.24) is 20.4 Å². The number of benzene rings is 2. The molecule has 4 rings (SSSR count). The molecule has 1 N–H and O–H groups in total. The lowest BCUT2D eigenvalue weighted by molar-refractivity contribution is 0.0938. The highest BCUT2D eigenvalue weighted by molar-refractivity contribution is 5.94. The number of rotatable bonds is 6. The van der Waals surface area contributed by atoms with Crippen molar-refractivity contribution in [2.75, 3.05) is 32.6 Å². The first-order valence-electron chi connectivity index (χ1n) is 10.1. The van der Waals surface area contributed by atoms with Crippen molar-refractivity contribution < 1.29 is 9.32 Å². The number of carbonyl (C=O) groups is 1. The molecule has 30 heavy (non-hydrogen) atoms. The summed E-state index contributed by atoms with van der Waals surface area (Å²) in [6.45, 7) is 0.739. The van der Waals surface area contributed by atoms with Gasteiger partial charge in [0.15, 0.2) is 5.82 Å². The molecule has 2 heterocycles. The molecular weight excluding hydrogens is 378 g/mol.